The van der Waals surface area contributed by atoms with Gasteiger partial charge in [-0.15, -0.1) is 0 Å². The lowest BCUT2D eigenvalue weighted by molar-refractivity contribution is -0.153. The number of ether oxygens (including phenoxy) is 4. The number of rotatable bonds is 4. The Morgan fingerprint density at radius 3 is 0.760 bits per heavy atom. The highest BCUT2D eigenvalue weighted by Gasteiger charge is 3.05. The Bertz CT molecular complexity index is 1910. The monoisotopic (exact) mass is 676 g/mol. The highest BCUT2D eigenvalue weighted by molar-refractivity contribution is 6.40. The van der Waals surface area contributed by atoms with Gasteiger partial charge in [0.15, 0.2) is 34.0 Å². The maximum atomic E-state index is 13.0. The third-order valence-corrected chi connectivity index (χ3v) is 10.1. The molecule has 4 aliphatic rings. The summed E-state index contributed by atoms with van der Waals surface area (Å²) in [4.78, 5) is 102. The molecule has 50 heavy (non-hydrogen) atoms. The van der Waals surface area contributed by atoms with Crippen molar-refractivity contribution in [3.8, 4) is 24.3 Å². The van der Waals surface area contributed by atoms with Gasteiger partial charge in [0, 0.05) is 22.3 Å². The molecule has 0 radical (unpaired) electrons. The van der Waals surface area contributed by atoms with E-state index in [0.717, 1.165) is 28.4 Å². The van der Waals surface area contributed by atoms with E-state index in [9.17, 15) is 59.4 Å². The summed E-state index contributed by atoms with van der Waals surface area (Å²) in [6, 6.07) is 17.5. The van der Waals surface area contributed by atoms with Gasteiger partial charge in [-0.1, -0.05) is 48.5 Å². The topological polar surface area (TPSA) is 269 Å². The molecule has 0 amide bonds. The first kappa shape index (κ1) is 34.3. The molecule has 2 fully saturated rings. The van der Waals surface area contributed by atoms with E-state index in [1.54, 1.807) is 24.3 Å². The zero-order chi connectivity index (χ0) is 37.2. The highest BCUT2D eigenvalue weighted by Crippen LogP contribution is 2.83. The van der Waals surface area contributed by atoms with Gasteiger partial charge >= 0.3 is 23.9 Å². The number of carbonyl (C=O) groups excluding carboxylic acids is 8. The minimum absolute atomic E-state index is 0.0583. The fraction of sp³-hybridized carbons (Fsp3) is 0.294. The lowest BCUT2D eigenvalue weighted by Crippen LogP contribution is -2.31. The standard InChI is InChI=1S/2C17H10N2O6/c2*1-24-13(22)15(7-18)16(8-19,14(23)25-2)17(15)11(20)9-5-3-4-6-10(9)12(17)21/h2*3-6H,1-2H3/t2*15-,16-/m11/s1. The van der Waals surface area contributed by atoms with Crippen LogP contribution >= 0.6 is 0 Å². The molecule has 16 heteroatoms. The second-order valence-electron chi connectivity index (χ2n) is 11.3. The van der Waals surface area contributed by atoms with Crippen LogP contribution in [0.2, 0.25) is 0 Å². The predicted molar refractivity (Wildman–Crippen MR) is 155 cm³/mol. The van der Waals surface area contributed by atoms with Crippen molar-refractivity contribution < 1.29 is 57.3 Å². The van der Waals surface area contributed by atoms with Gasteiger partial charge in [-0.2, -0.15) is 21.0 Å². The third kappa shape index (κ3) is 2.95. The summed E-state index contributed by atoms with van der Waals surface area (Å²) in [5.74, 6) is -8.99. The van der Waals surface area contributed by atoms with E-state index in [2.05, 4.69) is 18.9 Å². The van der Waals surface area contributed by atoms with Crippen molar-refractivity contribution in [2.75, 3.05) is 28.4 Å². The van der Waals surface area contributed by atoms with E-state index in [1.807, 2.05) is 0 Å². The number of Topliss-reactive ketones (excluding diaryl/α,β-unsaturated/α-hetero) is 4. The normalized spacial score (nSPS) is 27.8. The molecule has 248 valence electrons. The van der Waals surface area contributed by atoms with E-state index < -0.39 is 79.5 Å². The molecule has 4 aliphatic carbocycles. The first-order valence-corrected chi connectivity index (χ1v) is 14.1. The molecule has 2 saturated carbocycles. The van der Waals surface area contributed by atoms with Crippen molar-refractivity contribution in [3.63, 3.8) is 0 Å². The lowest BCUT2D eigenvalue weighted by atomic mass is 9.87. The summed E-state index contributed by atoms with van der Waals surface area (Å²) < 4.78 is 18.3. The van der Waals surface area contributed by atoms with E-state index in [0.29, 0.717) is 0 Å². The average molecular weight is 677 g/mol. The van der Waals surface area contributed by atoms with Crippen LogP contribution in [0.5, 0.6) is 0 Å². The number of methoxy groups -OCH3 is 4. The molecular weight excluding hydrogens is 656 g/mol. The van der Waals surface area contributed by atoms with Crippen LogP contribution in [-0.2, 0) is 38.1 Å². The smallest absolute Gasteiger partial charge is 0.330 e. The van der Waals surface area contributed by atoms with Crippen LogP contribution in [-0.4, -0.2) is 75.4 Å². The zero-order valence-corrected chi connectivity index (χ0v) is 26.3. The van der Waals surface area contributed by atoms with E-state index in [1.165, 1.54) is 48.5 Å². The Labute approximate surface area is 281 Å². The summed E-state index contributed by atoms with van der Waals surface area (Å²) in [5.41, 5.74) is -15.7. The number of benzene rings is 2. The number of nitriles is 4. The SMILES string of the molecule is COC(=O)[C@@]1(C#N)C2(C(=O)c3ccccc3C2=O)[C@]1(C#N)C(=O)OC.COC(=O)[C@@]1(C#N)C2(C(=O)c3ccccc3C2=O)[C@]1(C#N)C(=O)OC. The van der Waals surface area contributed by atoms with Crippen LogP contribution in [0.1, 0.15) is 41.4 Å². The number of hydrogen-bond acceptors (Lipinski definition) is 16. The maximum Gasteiger partial charge on any atom is 0.330 e. The second-order valence-corrected chi connectivity index (χ2v) is 11.3. The second kappa shape index (κ2) is 10.7. The molecule has 0 aliphatic heterocycles. The molecule has 0 N–H and O–H groups in total. The minimum atomic E-state index is -2.61. The van der Waals surface area contributed by atoms with Crippen molar-refractivity contribution in [1.29, 1.82) is 21.0 Å². The Morgan fingerprint density at radius 1 is 0.440 bits per heavy atom. The maximum absolute atomic E-state index is 13.0. The predicted octanol–water partition coefficient (Wildman–Crippen LogP) is 0.863. The van der Waals surface area contributed by atoms with Crippen molar-refractivity contribution in [2.24, 2.45) is 32.5 Å². The van der Waals surface area contributed by atoms with Crippen LogP contribution in [0.15, 0.2) is 48.5 Å². The number of carbonyl (C=O) groups is 8. The summed E-state index contributed by atoms with van der Waals surface area (Å²) in [5, 5.41) is 38.8. The van der Waals surface area contributed by atoms with Crippen LogP contribution in [0.25, 0.3) is 0 Å². The number of hydrogen-bond donors (Lipinski definition) is 0. The van der Waals surface area contributed by atoms with Gasteiger partial charge in [0.25, 0.3) is 0 Å². The van der Waals surface area contributed by atoms with Crippen LogP contribution in [0, 0.1) is 77.8 Å². The van der Waals surface area contributed by atoms with Crippen molar-refractivity contribution >= 4 is 47.0 Å². The first-order valence-electron chi connectivity index (χ1n) is 14.1. The fourth-order valence-corrected chi connectivity index (χ4v) is 7.95. The van der Waals surface area contributed by atoms with Gasteiger partial charge in [-0.05, 0) is 0 Å². The van der Waals surface area contributed by atoms with Crippen LogP contribution in [0.4, 0.5) is 0 Å². The molecule has 2 aromatic rings. The Balaban J connectivity index is 0.000000194. The molecule has 0 saturated heterocycles. The molecular formula is C34H20N4O12. The Kier molecular flexibility index (Phi) is 7.37. The quantitative estimate of drug-likeness (QED) is 0.247. The zero-order valence-electron chi connectivity index (χ0n) is 26.3. The third-order valence-electron chi connectivity index (χ3n) is 10.1. The van der Waals surface area contributed by atoms with Crippen molar-refractivity contribution in [1.82, 2.24) is 0 Å². The number of esters is 4. The van der Waals surface area contributed by atoms with E-state index in [-0.39, 0.29) is 22.3 Å². The van der Waals surface area contributed by atoms with Gasteiger partial charge in [0.05, 0.1) is 52.7 Å². The largest absolute Gasteiger partial charge is 0.468 e. The number of fused-ring (bicyclic) bond motifs is 2. The van der Waals surface area contributed by atoms with E-state index >= 15 is 0 Å². The van der Waals surface area contributed by atoms with Gasteiger partial charge in [0.1, 0.15) is 0 Å². The van der Waals surface area contributed by atoms with Crippen LogP contribution in [0.3, 0.4) is 0 Å². The Morgan fingerprint density at radius 2 is 0.620 bits per heavy atom. The number of ketones is 4. The van der Waals surface area contributed by atoms with Gasteiger partial charge in [0.2, 0.25) is 21.7 Å². The van der Waals surface area contributed by atoms with Crippen molar-refractivity contribution in [2.45, 2.75) is 0 Å². The Hall–Kier alpha value is -7.04. The van der Waals surface area contributed by atoms with Gasteiger partial charge in [-0.25, -0.2) is 0 Å². The fourth-order valence-electron chi connectivity index (χ4n) is 7.95. The lowest BCUT2D eigenvalue weighted by Gasteiger charge is -2.08. The molecule has 2 aromatic carbocycles. The minimum Gasteiger partial charge on any atom is -0.468 e. The first-order chi connectivity index (χ1) is 23.8. The molecule has 0 unspecified atom stereocenters. The van der Waals surface area contributed by atoms with Gasteiger partial charge < -0.3 is 18.9 Å². The average Bonchev–Trinajstić information content (AvgIpc) is 3.88. The summed E-state index contributed by atoms with van der Waals surface area (Å²) in [7, 11) is 3.74. The number of nitrogens with zero attached hydrogens (tertiary/aromatic N) is 4. The molecule has 0 heterocycles. The summed E-state index contributed by atoms with van der Waals surface area (Å²) >= 11 is 0. The summed E-state index contributed by atoms with van der Waals surface area (Å²) in [6.07, 6.45) is 0. The summed E-state index contributed by atoms with van der Waals surface area (Å²) in [6.45, 7) is 0. The molecule has 6 rings (SSSR count). The van der Waals surface area contributed by atoms with Crippen LogP contribution < -0.4 is 0 Å². The molecule has 4 atom stereocenters. The molecule has 2 spiro atoms. The highest BCUT2D eigenvalue weighted by atomic mass is 16.5. The van der Waals surface area contributed by atoms with E-state index in [4.69, 9.17) is 0 Å². The molecule has 0 aromatic heterocycles. The molecule has 0 bridgehead atoms. The van der Waals surface area contributed by atoms with Crippen molar-refractivity contribution in [3.05, 3.63) is 70.8 Å². The van der Waals surface area contributed by atoms with Gasteiger partial charge in [-0.3, -0.25) is 38.4 Å². The molecule has 16 nitrogen and oxygen atoms in total.